The van der Waals surface area contributed by atoms with E-state index >= 15 is 0 Å². The topological polar surface area (TPSA) is 38.7 Å². The van der Waals surface area contributed by atoms with Crippen LogP contribution in [0, 0.1) is 11.6 Å². The van der Waals surface area contributed by atoms with Gasteiger partial charge in [0.15, 0.2) is 23.2 Å². The molecule has 0 fully saturated rings. The maximum Gasteiger partial charge on any atom is 0.421 e. The van der Waals surface area contributed by atoms with Crippen LogP contribution in [0.5, 0.6) is 0 Å². The van der Waals surface area contributed by atoms with Gasteiger partial charge < -0.3 is 0 Å². The Balaban J connectivity index is 1.77. The van der Waals surface area contributed by atoms with Crippen molar-refractivity contribution in [1.82, 2.24) is 15.0 Å². The molecule has 0 unspecified atom stereocenters. The lowest BCUT2D eigenvalue weighted by molar-refractivity contribution is -0.304. The molecule has 28 heavy (non-hydrogen) atoms. The van der Waals surface area contributed by atoms with Crippen LogP contribution < -0.4 is 0 Å². The molecule has 3 aromatic carbocycles. The molecule has 1 aliphatic carbocycles. The first kappa shape index (κ1) is 17.1. The second kappa shape index (κ2) is 6.25. The van der Waals surface area contributed by atoms with E-state index in [9.17, 15) is 0 Å². The number of benzene rings is 3. The molecule has 136 valence electrons. The molecule has 4 aromatic rings. The predicted molar refractivity (Wildman–Crippen MR) is 109 cm³/mol. The molecule has 0 radical (unpaired) electrons. The van der Waals surface area contributed by atoms with E-state index in [0.717, 1.165) is 11.1 Å². The smallest absolute Gasteiger partial charge is 0.208 e. The van der Waals surface area contributed by atoms with Gasteiger partial charge in [-0.3, -0.25) is 0 Å². The van der Waals surface area contributed by atoms with Gasteiger partial charge in [-0.1, -0.05) is 86.6 Å². The van der Waals surface area contributed by atoms with Crippen molar-refractivity contribution < 1.29 is 11.6 Å². The van der Waals surface area contributed by atoms with E-state index in [4.69, 9.17) is 16.6 Å². The van der Waals surface area contributed by atoms with Gasteiger partial charge in [-0.25, -0.2) is 4.98 Å². The molecule has 0 N–H and O–H groups in total. The van der Waals surface area contributed by atoms with Gasteiger partial charge in [0.05, 0.1) is 0 Å². The van der Waals surface area contributed by atoms with Crippen molar-refractivity contribution in [2.24, 2.45) is 0 Å². The summed E-state index contributed by atoms with van der Waals surface area (Å²) in [6, 6.07) is 24.8. The summed E-state index contributed by atoms with van der Waals surface area (Å²) in [5.74, 6) is 1.24. The Morgan fingerprint density at radius 3 is 2.11 bits per heavy atom. The monoisotopic (exact) mass is 384 g/mol. The summed E-state index contributed by atoms with van der Waals surface area (Å²) < 4.78 is 0. The van der Waals surface area contributed by atoms with Gasteiger partial charge in [0.2, 0.25) is 0 Å². The summed E-state index contributed by atoms with van der Waals surface area (Å²) in [7, 11) is 0. The summed E-state index contributed by atoms with van der Waals surface area (Å²) in [6.45, 7) is 4.53. The summed E-state index contributed by atoms with van der Waals surface area (Å²) in [6.07, 6.45) is 0. The molecule has 1 aromatic heterocycles. The fraction of sp³-hybridized carbons (Fsp3) is 0.125. The molecule has 1 aliphatic rings. The van der Waals surface area contributed by atoms with Gasteiger partial charge in [0, 0.05) is 16.5 Å². The van der Waals surface area contributed by atoms with Crippen LogP contribution in [0.3, 0.4) is 0 Å². The van der Waals surface area contributed by atoms with Crippen LogP contribution in [0.25, 0.3) is 33.9 Å². The third kappa shape index (κ3) is 2.54. The summed E-state index contributed by atoms with van der Waals surface area (Å²) in [5, 5.41) is 0.312. The lowest BCUT2D eigenvalue weighted by Gasteiger charge is -2.21. The average Bonchev–Trinajstić information content (AvgIpc) is 2.96. The van der Waals surface area contributed by atoms with Crippen molar-refractivity contribution in [1.29, 1.82) is 0 Å². The molecule has 0 atom stereocenters. The van der Waals surface area contributed by atoms with Crippen molar-refractivity contribution in [3.63, 3.8) is 0 Å². The number of aromatic nitrogens is 3. The molecule has 5 rings (SSSR count). The van der Waals surface area contributed by atoms with Gasteiger partial charge in [-0.2, -0.15) is 9.97 Å². The number of hydrogen-bond donors (Lipinski definition) is 0. The molecule has 1 heterocycles. The number of halogens is 1. The van der Waals surface area contributed by atoms with Crippen molar-refractivity contribution in [2.75, 3.05) is 0 Å². The normalized spacial score (nSPS) is 13.8. The molecule has 0 saturated carbocycles. The maximum atomic E-state index is 5.38. The summed E-state index contributed by atoms with van der Waals surface area (Å²) >= 11 is 5.38. The molecular weight excluding hydrogens is 366 g/mol. The molecule has 0 saturated heterocycles. The zero-order chi connectivity index (χ0) is 19.3. The van der Waals surface area contributed by atoms with E-state index in [1.165, 1.54) is 22.3 Å². The molecule has 0 spiro atoms. The Morgan fingerprint density at radius 2 is 1.29 bits per heavy atom. The number of fused-ring (bicyclic) bond motifs is 3. The highest BCUT2D eigenvalue weighted by Gasteiger charge is 2.37. The van der Waals surface area contributed by atoms with Crippen LogP contribution in [0.2, 0.25) is 5.28 Å². The van der Waals surface area contributed by atoms with Gasteiger partial charge in [-0.05, 0) is 22.3 Å². The van der Waals surface area contributed by atoms with Crippen LogP contribution in [0.1, 0.15) is 25.0 Å². The van der Waals surface area contributed by atoms with Crippen LogP contribution in [-0.4, -0.2) is 15.0 Å². The lowest BCUT2D eigenvalue weighted by atomic mass is 9.82. The maximum absolute atomic E-state index is 5.38. The SMILES string of the molecule is CC1(C)c2ccccc2-c2c(-c3nc([ClH+])nc(-c4ccccc4)n3)cccc21. The number of nitrogens with zero attached hydrogens (tertiary/aromatic N) is 3. The number of rotatable bonds is 2. The van der Waals surface area contributed by atoms with E-state index in [1.54, 1.807) is 0 Å². The largest absolute Gasteiger partial charge is 0.421 e. The van der Waals surface area contributed by atoms with Crippen molar-refractivity contribution in [3.8, 4) is 33.9 Å². The minimum Gasteiger partial charge on any atom is -0.208 e. The third-order valence-corrected chi connectivity index (χ3v) is 5.68. The Hall–Kier alpha value is -3.04. The van der Waals surface area contributed by atoms with Crippen molar-refractivity contribution in [2.45, 2.75) is 19.3 Å². The van der Waals surface area contributed by atoms with Gasteiger partial charge in [0.25, 0.3) is 0 Å². The quantitative estimate of drug-likeness (QED) is 0.476. The summed E-state index contributed by atoms with van der Waals surface area (Å²) in [4.78, 5) is 13.7. The third-order valence-electron chi connectivity index (χ3n) is 5.50. The van der Waals surface area contributed by atoms with Crippen LogP contribution in [-0.2, 0) is 5.41 Å². The molecule has 0 amide bonds. The minimum absolute atomic E-state index is 0.0615. The Labute approximate surface area is 169 Å². The molecule has 0 aliphatic heterocycles. The Morgan fingerprint density at radius 1 is 0.643 bits per heavy atom. The molecule has 4 heteroatoms. The molecule has 3 nitrogen and oxygen atoms in total. The average molecular weight is 385 g/mol. The first-order valence-electron chi connectivity index (χ1n) is 9.28. The highest BCUT2D eigenvalue weighted by atomic mass is 35.5. The van der Waals surface area contributed by atoms with E-state index < -0.39 is 0 Å². The first-order valence-corrected chi connectivity index (χ1v) is 9.69. The molecular formula is C24H19ClN3+. The highest BCUT2D eigenvalue weighted by molar-refractivity contribution is 5.91. The second-order valence-electron chi connectivity index (χ2n) is 7.53. The molecule has 0 bridgehead atoms. The van der Waals surface area contributed by atoms with Crippen LogP contribution in [0.15, 0.2) is 72.8 Å². The van der Waals surface area contributed by atoms with Gasteiger partial charge >= 0.3 is 5.28 Å². The van der Waals surface area contributed by atoms with Crippen molar-refractivity contribution in [3.05, 3.63) is 89.2 Å². The van der Waals surface area contributed by atoms with Crippen LogP contribution >= 0.6 is 0 Å². The zero-order valence-corrected chi connectivity index (χ0v) is 16.5. The second-order valence-corrected chi connectivity index (χ2v) is 7.90. The highest BCUT2D eigenvalue weighted by Crippen LogP contribution is 2.51. The van der Waals surface area contributed by atoms with E-state index in [1.807, 2.05) is 30.3 Å². The lowest BCUT2D eigenvalue weighted by Crippen LogP contribution is -2.14. The van der Waals surface area contributed by atoms with Gasteiger partial charge in [-0.15, -0.1) is 0 Å². The fourth-order valence-electron chi connectivity index (χ4n) is 4.13. The van der Waals surface area contributed by atoms with Gasteiger partial charge in [0.1, 0.15) is 0 Å². The zero-order valence-electron chi connectivity index (χ0n) is 15.7. The number of hydrogen-bond acceptors (Lipinski definition) is 3. The van der Waals surface area contributed by atoms with E-state index in [0.29, 0.717) is 16.9 Å². The Kier molecular flexibility index (Phi) is 3.81. The summed E-state index contributed by atoms with van der Waals surface area (Å²) in [5.41, 5.74) is 6.93. The first-order chi connectivity index (χ1) is 13.6. The Bertz CT molecular complexity index is 1200. The van der Waals surface area contributed by atoms with Crippen LogP contribution in [0.4, 0.5) is 0 Å². The standard InChI is InChI=1S/C24H19ClN3/c1-24(2)18-13-7-6-11-16(18)20-17(12-8-14-19(20)24)22-26-21(27-23(25)28-22)15-9-4-3-5-10-15/h3-14,25H,1-2H3/q+1. The van der Waals surface area contributed by atoms with E-state index in [2.05, 4.69) is 66.3 Å². The van der Waals surface area contributed by atoms with Crippen molar-refractivity contribution >= 4 is 0 Å². The predicted octanol–water partition coefficient (Wildman–Crippen LogP) is 5.21. The minimum atomic E-state index is -0.0615. The van der Waals surface area contributed by atoms with E-state index in [-0.39, 0.29) is 5.41 Å². The fourth-order valence-corrected chi connectivity index (χ4v) is 4.31.